The van der Waals surface area contributed by atoms with Crippen molar-refractivity contribution in [2.45, 2.75) is 38.6 Å². The number of morpholine rings is 1. The van der Waals surface area contributed by atoms with Crippen molar-refractivity contribution in [1.82, 2.24) is 14.8 Å². The third-order valence-electron chi connectivity index (χ3n) is 7.85. The number of amides is 2. The largest absolute Gasteiger partial charge is 0.416 e. The summed E-state index contributed by atoms with van der Waals surface area (Å²) in [6, 6.07) is 7.87. The van der Waals surface area contributed by atoms with Crippen LogP contribution in [-0.2, 0) is 20.4 Å². The van der Waals surface area contributed by atoms with E-state index in [2.05, 4.69) is 15.3 Å². The van der Waals surface area contributed by atoms with Gasteiger partial charge in [-0.25, -0.2) is 9.98 Å². The minimum Gasteiger partial charge on any atom is -0.382 e. The predicted octanol–water partition coefficient (Wildman–Crippen LogP) is 3.91. The van der Waals surface area contributed by atoms with Crippen LogP contribution in [-0.4, -0.2) is 84.2 Å². The number of carbonyl (C=O) groups is 2. The molecule has 3 aliphatic heterocycles. The van der Waals surface area contributed by atoms with Crippen molar-refractivity contribution in [2.24, 2.45) is 21.1 Å². The van der Waals surface area contributed by atoms with Gasteiger partial charge < -0.3 is 30.3 Å². The van der Waals surface area contributed by atoms with Crippen LogP contribution in [0.5, 0.6) is 0 Å². The second-order valence-corrected chi connectivity index (χ2v) is 11.3. The summed E-state index contributed by atoms with van der Waals surface area (Å²) in [5.74, 6) is -0.616. The van der Waals surface area contributed by atoms with Crippen LogP contribution in [0.15, 0.2) is 70.7 Å². The number of hydrogen-bond acceptors (Lipinski definition) is 9. The summed E-state index contributed by atoms with van der Waals surface area (Å²) in [6.45, 7) is 5.37. The molecule has 11 nitrogen and oxygen atoms in total. The maximum atomic E-state index is 13.4. The molecular weight excluding hydrogens is 591 g/mol. The number of rotatable bonds is 7. The molecule has 2 aromatic rings. The molecule has 1 aromatic heterocycles. The van der Waals surface area contributed by atoms with Crippen LogP contribution in [0, 0.1) is 5.41 Å². The molecule has 14 heteroatoms. The van der Waals surface area contributed by atoms with Gasteiger partial charge in [0, 0.05) is 43.0 Å². The van der Waals surface area contributed by atoms with Crippen molar-refractivity contribution in [2.75, 3.05) is 38.7 Å². The summed E-state index contributed by atoms with van der Waals surface area (Å²) in [5.41, 5.74) is 6.52. The first-order valence-electron chi connectivity index (χ1n) is 14.4. The Balaban J connectivity index is 1.39. The number of hydrogen-bond donors (Lipinski definition) is 2. The van der Waals surface area contributed by atoms with Gasteiger partial charge >= 0.3 is 6.18 Å². The van der Waals surface area contributed by atoms with Crippen LogP contribution < -0.4 is 11.1 Å². The van der Waals surface area contributed by atoms with E-state index < -0.39 is 29.2 Å². The lowest BCUT2D eigenvalue weighted by Gasteiger charge is -2.45. The van der Waals surface area contributed by atoms with Gasteiger partial charge in [-0.1, -0.05) is 19.1 Å². The summed E-state index contributed by atoms with van der Waals surface area (Å²) < 4.78 is 50.6. The molecule has 0 bridgehead atoms. The number of nitrogens with two attached hydrogens (primary N) is 1. The van der Waals surface area contributed by atoms with Gasteiger partial charge in [0.05, 0.1) is 49.1 Å². The Hall–Kier alpha value is -4.56. The fourth-order valence-corrected chi connectivity index (χ4v) is 5.17. The zero-order chi connectivity index (χ0) is 32.4. The van der Waals surface area contributed by atoms with Gasteiger partial charge in [-0.3, -0.25) is 14.6 Å². The van der Waals surface area contributed by atoms with E-state index in [1.54, 1.807) is 42.7 Å². The van der Waals surface area contributed by atoms with Crippen molar-refractivity contribution >= 4 is 35.4 Å². The summed E-state index contributed by atoms with van der Waals surface area (Å²) in [7, 11) is 1.79. The summed E-state index contributed by atoms with van der Waals surface area (Å²) >= 11 is 0. The SMILES string of the molecule is CC[C@H]1CO[C@@H](C=N/C(=C2/C(N)=NC=CN2C)c2ccc(C(=O)Nc3cc(C(F)(F)F)ccn3)cc2)CN1C(=O)C1(C)COC1. The molecule has 1 aromatic carbocycles. The Morgan fingerprint density at radius 2 is 1.91 bits per heavy atom. The Morgan fingerprint density at radius 1 is 1.20 bits per heavy atom. The van der Waals surface area contributed by atoms with Crippen LogP contribution in [0.25, 0.3) is 5.70 Å². The van der Waals surface area contributed by atoms with E-state index in [0.717, 1.165) is 24.8 Å². The molecule has 0 spiro atoms. The van der Waals surface area contributed by atoms with E-state index in [9.17, 15) is 22.8 Å². The number of alkyl halides is 3. The highest BCUT2D eigenvalue weighted by molar-refractivity contribution is 6.06. The fraction of sp³-hybridized carbons (Fsp3) is 0.387. The number of aliphatic imine (C=N–C) groups is 2. The van der Waals surface area contributed by atoms with Gasteiger partial charge in [0.1, 0.15) is 23.5 Å². The molecule has 3 N–H and O–H groups in total. The van der Waals surface area contributed by atoms with Gasteiger partial charge in [0.15, 0.2) is 0 Å². The molecule has 2 fully saturated rings. The van der Waals surface area contributed by atoms with Crippen molar-refractivity contribution in [3.63, 3.8) is 0 Å². The van der Waals surface area contributed by atoms with E-state index in [1.807, 2.05) is 18.7 Å². The normalized spacial score (nSPS) is 22.6. The Bertz CT molecular complexity index is 1570. The number of halogens is 3. The Morgan fingerprint density at radius 3 is 2.53 bits per heavy atom. The average Bonchev–Trinajstić information content (AvgIpc) is 3.00. The quantitative estimate of drug-likeness (QED) is 0.446. The lowest BCUT2D eigenvalue weighted by Crippen LogP contribution is -2.60. The topological polar surface area (TPSA) is 135 Å². The number of amidine groups is 1. The molecule has 0 radical (unpaired) electrons. The van der Waals surface area contributed by atoms with Crippen LogP contribution >= 0.6 is 0 Å². The predicted molar refractivity (Wildman–Crippen MR) is 162 cm³/mol. The molecule has 3 aliphatic rings. The maximum Gasteiger partial charge on any atom is 0.416 e. The minimum atomic E-state index is -4.57. The Labute approximate surface area is 258 Å². The minimum absolute atomic E-state index is 0.0311. The molecule has 4 heterocycles. The van der Waals surface area contributed by atoms with E-state index in [-0.39, 0.29) is 29.2 Å². The molecule has 238 valence electrons. The molecule has 2 saturated heterocycles. The lowest BCUT2D eigenvalue weighted by molar-refractivity contribution is -0.177. The summed E-state index contributed by atoms with van der Waals surface area (Å²) in [6.07, 6.45) is 1.57. The molecule has 45 heavy (non-hydrogen) atoms. The monoisotopic (exact) mass is 625 g/mol. The number of benzene rings is 1. The van der Waals surface area contributed by atoms with Crippen LogP contribution in [0.4, 0.5) is 19.0 Å². The zero-order valence-corrected chi connectivity index (χ0v) is 25.0. The number of nitrogens with one attached hydrogen (secondary N) is 1. The number of carbonyl (C=O) groups excluding carboxylic acids is 2. The van der Waals surface area contributed by atoms with E-state index in [4.69, 9.17) is 20.2 Å². The van der Waals surface area contributed by atoms with Crippen molar-refractivity contribution in [3.05, 3.63) is 77.4 Å². The molecule has 2 atom stereocenters. The van der Waals surface area contributed by atoms with Crippen LogP contribution in [0.2, 0.25) is 0 Å². The van der Waals surface area contributed by atoms with Crippen LogP contribution in [0.1, 0.15) is 41.8 Å². The third kappa shape index (κ3) is 6.91. The molecule has 0 unspecified atom stereocenters. The summed E-state index contributed by atoms with van der Waals surface area (Å²) in [4.78, 5) is 42.6. The fourth-order valence-electron chi connectivity index (χ4n) is 5.17. The standard InChI is InChI=1S/C31H34F3N7O4/c1-4-22-16-45-23(15-41(22)29(43)30(2)17-44-18-30)14-38-25(26-27(35)37-11-12-40(26)3)19-5-7-20(8-6-19)28(42)39-24-13-21(9-10-36-24)31(32,33)34/h5-14,22-23H,4,15-18H2,1-3H3,(H2,35,37)(H,36,39,42)/b26-25-,38-14?/t22-,23-/m0/s1. The van der Waals surface area contributed by atoms with Gasteiger partial charge in [0.25, 0.3) is 5.91 Å². The third-order valence-corrected chi connectivity index (χ3v) is 7.85. The number of anilines is 1. The van der Waals surface area contributed by atoms with Crippen molar-refractivity contribution in [1.29, 1.82) is 0 Å². The first-order valence-corrected chi connectivity index (χ1v) is 14.4. The first-order chi connectivity index (χ1) is 21.4. The molecular formula is C31H34F3N7O4. The lowest BCUT2D eigenvalue weighted by atomic mass is 9.86. The second kappa shape index (κ2) is 12.8. The molecule has 0 saturated carbocycles. The van der Waals surface area contributed by atoms with Gasteiger partial charge in [-0.2, -0.15) is 13.2 Å². The van der Waals surface area contributed by atoms with Gasteiger partial charge in [0.2, 0.25) is 5.91 Å². The van der Waals surface area contributed by atoms with Crippen molar-refractivity contribution < 1.29 is 32.2 Å². The molecule has 5 rings (SSSR count). The number of nitrogens with zero attached hydrogens (tertiary/aromatic N) is 5. The van der Waals surface area contributed by atoms with Crippen molar-refractivity contribution in [3.8, 4) is 0 Å². The summed E-state index contributed by atoms with van der Waals surface area (Å²) in [5, 5.41) is 2.40. The first kappa shape index (κ1) is 31.9. The number of ether oxygens (including phenoxy) is 2. The number of likely N-dealkylation sites (N-methyl/N-ethyl adjacent to an activating group) is 1. The van der Waals surface area contributed by atoms with E-state index in [1.165, 1.54) is 12.1 Å². The van der Waals surface area contributed by atoms with Crippen LogP contribution in [0.3, 0.4) is 0 Å². The highest BCUT2D eigenvalue weighted by atomic mass is 19.4. The highest BCUT2D eigenvalue weighted by Crippen LogP contribution is 2.32. The zero-order valence-electron chi connectivity index (χ0n) is 25.0. The van der Waals surface area contributed by atoms with Gasteiger partial charge in [-0.15, -0.1) is 0 Å². The van der Waals surface area contributed by atoms with E-state index in [0.29, 0.717) is 43.3 Å². The second-order valence-electron chi connectivity index (χ2n) is 11.3. The van der Waals surface area contributed by atoms with E-state index >= 15 is 0 Å². The molecule has 2 amide bonds. The number of pyridine rings is 1. The average molecular weight is 626 g/mol. The molecule has 0 aliphatic carbocycles. The highest BCUT2D eigenvalue weighted by Gasteiger charge is 2.46. The number of aromatic nitrogens is 1. The maximum absolute atomic E-state index is 13.4. The Kier molecular flexibility index (Phi) is 9.07. The van der Waals surface area contributed by atoms with Gasteiger partial charge in [-0.05, 0) is 37.6 Å². The smallest absolute Gasteiger partial charge is 0.382 e.